The number of nitrogens with zero attached hydrogens (tertiary/aromatic N) is 3. The summed E-state index contributed by atoms with van der Waals surface area (Å²) in [6, 6.07) is 20.7. The quantitative estimate of drug-likeness (QED) is 0.0952. The molecule has 1 N–H and O–H groups in total. The second-order valence-corrected chi connectivity index (χ2v) is 12.0. The summed E-state index contributed by atoms with van der Waals surface area (Å²) in [7, 11) is 10.6. The highest BCUT2D eigenvalue weighted by Gasteiger charge is 2.24. The van der Waals surface area contributed by atoms with Gasteiger partial charge < -0.3 is 24.1 Å². The van der Waals surface area contributed by atoms with Crippen LogP contribution in [0.5, 0.6) is 0 Å². The number of anilines is 1. The van der Waals surface area contributed by atoms with Crippen molar-refractivity contribution in [3.05, 3.63) is 101 Å². The maximum atomic E-state index is 13.2. The molecule has 0 atom stereocenters. The number of benzene rings is 3. The smallest absolute Gasteiger partial charge is 0.343 e. The number of esters is 2. The third kappa shape index (κ3) is 7.38. The number of amides is 1. The lowest BCUT2D eigenvalue weighted by Gasteiger charge is -2.19. The van der Waals surface area contributed by atoms with Crippen molar-refractivity contribution < 1.29 is 32.8 Å². The third-order valence-corrected chi connectivity index (χ3v) is 8.34. The summed E-state index contributed by atoms with van der Waals surface area (Å²) in [5.41, 5.74) is 5.12. The highest BCUT2D eigenvalue weighted by molar-refractivity contribution is 6.09. The molecule has 2 heterocycles. The standard InChI is InChI=1S/C38H41N4O6/c1-40(2)27-13-16-30-33(22-27)48-34-23-28(41(3)4)14-17-31(34)35(30)29-15-12-25(21-32(29)38(45)47-6)36(43)39-18-8-7-9-19-42-20-10-11-26(24-42)37(44)46-5/h10-17,20-24H,7-9,18-19H2,1-6H3/q+1/p+1. The first-order valence-electron chi connectivity index (χ1n) is 15.9. The average Bonchev–Trinajstić information content (AvgIpc) is 3.10. The van der Waals surface area contributed by atoms with E-state index in [4.69, 9.17) is 13.9 Å². The average molecular weight is 651 g/mol. The third-order valence-electron chi connectivity index (χ3n) is 8.34. The van der Waals surface area contributed by atoms with Gasteiger partial charge in [0.2, 0.25) is 5.36 Å². The van der Waals surface area contributed by atoms with Crippen LogP contribution in [0.3, 0.4) is 0 Å². The monoisotopic (exact) mass is 650 g/mol. The highest BCUT2D eigenvalue weighted by atomic mass is 16.5. The van der Waals surface area contributed by atoms with E-state index >= 15 is 0 Å². The Balaban J connectivity index is 1.39. The number of carbonyl (C=O) groups excluding carboxylic acids is 3. The van der Waals surface area contributed by atoms with Crippen LogP contribution in [0.15, 0.2) is 83.5 Å². The molecule has 0 unspecified atom stereocenters. The number of fused-ring (bicyclic) bond motifs is 2. The SMILES string of the molecule is COC(=O)c1ccc[n+](CCCCCNC(=O)c2ccc(-c3c4ccc(=[N+](C)C)cc-4oc4cc(N(C)C)ccc34)c(C(=O)OC)c2)c1. The summed E-state index contributed by atoms with van der Waals surface area (Å²) in [4.78, 5) is 40.3. The fourth-order valence-electron chi connectivity index (χ4n) is 5.70. The van der Waals surface area contributed by atoms with E-state index in [9.17, 15) is 14.4 Å². The van der Waals surface area contributed by atoms with Gasteiger partial charge in [0.25, 0.3) is 5.91 Å². The lowest BCUT2D eigenvalue weighted by Crippen LogP contribution is -2.34. The van der Waals surface area contributed by atoms with E-state index in [2.05, 4.69) is 5.32 Å². The minimum atomic E-state index is -0.537. The zero-order valence-electron chi connectivity index (χ0n) is 28.3. The van der Waals surface area contributed by atoms with Gasteiger partial charge in [-0.25, -0.2) is 18.7 Å². The molecule has 1 aliphatic carbocycles. The zero-order valence-corrected chi connectivity index (χ0v) is 28.3. The van der Waals surface area contributed by atoms with E-state index < -0.39 is 5.97 Å². The maximum absolute atomic E-state index is 13.2. The summed E-state index contributed by atoms with van der Waals surface area (Å²) in [5.74, 6) is -0.498. The molecule has 0 saturated heterocycles. The lowest BCUT2D eigenvalue weighted by molar-refractivity contribution is -0.697. The number of aromatic nitrogens is 1. The molecule has 3 aromatic rings. The first-order chi connectivity index (χ1) is 23.1. The molecule has 0 radical (unpaired) electrons. The molecular formula is C38H42N4O6+2. The predicted octanol–water partition coefficient (Wildman–Crippen LogP) is 4.76. The van der Waals surface area contributed by atoms with Crippen LogP contribution in [-0.2, 0) is 16.0 Å². The van der Waals surface area contributed by atoms with Crippen molar-refractivity contribution in [3.63, 3.8) is 0 Å². The molecule has 0 fully saturated rings. The number of unbranched alkanes of at least 4 members (excludes halogenated alkanes) is 2. The summed E-state index contributed by atoms with van der Waals surface area (Å²) >= 11 is 0. The van der Waals surface area contributed by atoms with E-state index in [1.165, 1.54) is 14.2 Å². The topological polar surface area (TPSA) is 105 Å². The largest absolute Gasteiger partial charge is 0.465 e. The number of methoxy groups -OCH3 is 2. The van der Waals surface area contributed by atoms with Gasteiger partial charge in [-0.2, -0.15) is 0 Å². The fourth-order valence-corrected chi connectivity index (χ4v) is 5.70. The van der Waals surface area contributed by atoms with Crippen molar-refractivity contribution in [1.29, 1.82) is 0 Å². The van der Waals surface area contributed by atoms with Gasteiger partial charge >= 0.3 is 11.9 Å². The van der Waals surface area contributed by atoms with Crippen LogP contribution < -0.4 is 24.7 Å². The number of carbonyl (C=O) groups is 3. The molecule has 248 valence electrons. The maximum Gasteiger partial charge on any atom is 0.343 e. The molecule has 10 nitrogen and oxygen atoms in total. The number of nitrogens with one attached hydrogen (secondary N) is 1. The molecule has 2 aliphatic rings. The Bertz CT molecular complexity index is 2030. The van der Waals surface area contributed by atoms with Crippen LogP contribution in [0.25, 0.3) is 33.4 Å². The number of ether oxygens (including phenoxy) is 2. The van der Waals surface area contributed by atoms with Crippen molar-refractivity contribution in [2.75, 3.05) is 53.9 Å². The molecule has 0 saturated carbocycles. The second kappa shape index (κ2) is 14.9. The molecule has 0 bridgehead atoms. The van der Waals surface area contributed by atoms with E-state index in [1.54, 1.807) is 24.4 Å². The van der Waals surface area contributed by atoms with Gasteiger partial charge in [0.15, 0.2) is 12.4 Å². The minimum absolute atomic E-state index is 0.268. The Morgan fingerprint density at radius 1 is 0.854 bits per heavy atom. The van der Waals surface area contributed by atoms with E-state index in [1.807, 2.05) is 97.0 Å². The van der Waals surface area contributed by atoms with Crippen LogP contribution in [0.2, 0.25) is 0 Å². The van der Waals surface area contributed by atoms with Crippen LogP contribution in [0.1, 0.15) is 50.3 Å². The number of pyridine rings is 1. The first-order valence-corrected chi connectivity index (χ1v) is 15.9. The van der Waals surface area contributed by atoms with Crippen molar-refractivity contribution in [2.24, 2.45) is 0 Å². The fraction of sp³-hybridized carbons (Fsp3) is 0.289. The number of hydrogen-bond donors (Lipinski definition) is 1. The molecule has 2 aromatic carbocycles. The number of aryl methyl sites for hydroxylation is 1. The van der Waals surface area contributed by atoms with E-state index in [0.29, 0.717) is 40.1 Å². The van der Waals surface area contributed by atoms with E-state index in [0.717, 1.165) is 53.4 Å². The van der Waals surface area contributed by atoms with Crippen LogP contribution in [-0.4, -0.2) is 66.8 Å². The predicted molar refractivity (Wildman–Crippen MR) is 185 cm³/mol. The van der Waals surface area contributed by atoms with Crippen LogP contribution in [0, 0.1) is 0 Å². The Kier molecular flexibility index (Phi) is 10.5. The Hall–Kier alpha value is -5.51. The van der Waals surface area contributed by atoms with Crippen molar-refractivity contribution in [2.45, 2.75) is 25.8 Å². The second-order valence-electron chi connectivity index (χ2n) is 12.0. The van der Waals surface area contributed by atoms with Crippen molar-refractivity contribution in [3.8, 4) is 22.5 Å². The van der Waals surface area contributed by atoms with Gasteiger partial charge in [-0.05, 0) is 54.8 Å². The van der Waals surface area contributed by atoms with Gasteiger partial charge in [0.05, 0.1) is 25.8 Å². The zero-order chi connectivity index (χ0) is 34.4. The van der Waals surface area contributed by atoms with Gasteiger partial charge in [0.1, 0.15) is 37.5 Å². The molecule has 5 rings (SSSR count). The van der Waals surface area contributed by atoms with Gasteiger partial charge in [-0.3, -0.25) is 4.79 Å². The Morgan fingerprint density at radius 3 is 2.35 bits per heavy atom. The molecule has 0 spiro atoms. The van der Waals surface area contributed by atoms with Gasteiger partial charge in [0, 0.05) is 73.0 Å². The Morgan fingerprint density at radius 2 is 1.62 bits per heavy atom. The van der Waals surface area contributed by atoms with E-state index in [-0.39, 0.29) is 11.9 Å². The summed E-state index contributed by atoms with van der Waals surface area (Å²) in [6.45, 7) is 1.23. The summed E-state index contributed by atoms with van der Waals surface area (Å²) in [5, 5.41) is 4.80. The summed E-state index contributed by atoms with van der Waals surface area (Å²) in [6.07, 6.45) is 6.22. The van der Waals surface area contributed by atoms with Crippen molar-refractivity contribution >= 4 is 34.5 Å². The van der Waals surface area contributed by atoms with Crippen LogP contribution in [0.4, 0.5) is 5.69 Å². The Labute approximate surface area is 280 Å². The molecule has 1 aromatic heterocycles. The molecule has 10 heteroatoms. The number of hydrogen-bond acceptors (Lipinski definition) is 7. The first kappa shape index (κ1) is 33.8. The molecule has 1 amide bonds. The molecule has 1 aliphatic heterocycles. The lowest BCUT2D eigenvalue weighted by atomic mass is 9.89. The number of rotatable bonds is 11. The van der Waals surface area contributed by atoms with Crippen molar-refractivity contribution in [1.82, 2.24) is 9.89 Å². The highest BCUT2D eigenvalue weighted by Crippen LogP contribution is 2.42. The molecular weight excluding hydrogens is 608 g/mol. The summed E-state index contributed by atoms with van der Waals surface area (Å²) < 4.78 is 20.4. The van der Waals surface area contributed by atoms with Gasteiger partial charge in [-0.1, -0.05) is 6.07 Å². The minimum Gasteiger partial charge on any atom is -0.465 e. The normalized spacial score (nSPS) is 11.0. The molecule has 48 heavy (non-hydrogen) atoms. The van der Waals surface area contributed by atoms with Crippen LogP contribution >= 0.6 is 0 Å². The van der Waals surface area contributed by atoms with Gasteiger partial charge in [-0.15, -0.1) is 0 Å².